The number of carbonyl (C=O) groups is 4. The van der Waals surface area contributed by atoms with Gasteiger partial charge >= 0.3 is 5.97 Å². The van der Waals surface area contributed by atoms with Crippen molar-refractivity contribution in [3.63, 3.8) is 0 Å². The molecule has 0 aromatic heterocycles. The van der Waals surface area contributed by atoms with E-state index in [-0.39, 0.29) is 56.6 Å². The van der Waals surface area contributed by atoms with E-state index in [1.807, 2.05) is 0 Å². The Hall–Kier alpha value is -2.16. The molecular weight excluding hydrogens is 352 g/mol. The molecule has 0 saturated carbocycles. The lowest BCUT2D eigenvalue weighted by molar-refractivity contribution is -0.137. The van der Waals surface area contributed by atoms with Crippen molar-refractivity contribution >= 4 is 23.7 Å². The number of nitrogens with zero attached hydrogens (tertiary/aromatic N) is 1. The lowest BCUT2D eigenvalue weighted by Gasteiger charge is -2.38. The van der Waals surface area contributed by atoms with Crippen molar-refractivity contribution in [2.24, 2.45) is 0 Å². The molecule has 0 bridgehead atoms. The number of amides is 3. The lowest BCUT2D eigenvalue weighted by Crippen LogP contribution is -2.49. The third-order valence-corrected chi connectivity index (χ3v) is 4.71. The van der Waals surface area contributed by atoms with Crippen molar-refractivity contribution in [3.8, 4) is 0 Å². The fourth-order valence-electron chi connectivity index (χ4n) is 3.12. The zero-order chi connectivity index (χ0) is 20.2. The van der Waals surface area contributed by atoms with E-state index in [1.165, 1.54) is 6.42 Å². The van der Waals surface area contributed by atoms with Crippen LogP contribution in [0.4, 0.5) is 0 Å². The van der Waals surface area contributed by atoms with Crippen molar-refractivity contribution < 1.29 is 24.3 Å². The molecule has 0 radical (unpaired) electrons. The van der Waals surface area contributed by atoms with Gasteiger partial charge in [-0.1, -0.05) is 6.42 Å². The lowest BCUT2D eigenvalue weighted by atomic mass is 9.97. The Bertz CT molecular complexity index is 516. The smallest absolute Gasteiger partial charge is 0.305 e. The standard InChI is InChI=1S/C18H32N4O5/c1-13-4-3-5-14(2)22(13)12-17(25)21-10-7-15(23)19-9-6-16(24)20-11-8-18(26)27/h13-14H,3-12H2,1-2H3,(H,19,23)(H,20,24)(H,21,25)(H,26,27). The number of likely N-dealkylation sites (tertiary alicyclic amines) is 1. The number of hydrogen-bond acceptors (Lipinski definition) is 5. The number of carboxylic acid groups (broad SMARTS) is 1. The highest BCUT2D eigenvalue weighted by Crippen LogP contribution is 2.21. The minimum atomic E-state index is -0.977. The molecule has 9 nitrogen and oxygen atoms in total. The average Bonchev–Trinajstić information content (AvgIpc) is 2.58. The largest absolute Gasteiger partial charge is 0.481 e. The van der Waals surface area contributed by atoms with Crippen molar-refractivity contribution in [1.82, 2.24) is 20.9 Å². The predicted octanol–water partition coefficient (Wildman–Crippen LogP) is -0.147. The molecule has 1 rings (SSSR count). The molecule has 2 unspecified atom stereocenters. The van der Waals surface area contributed by atoms with Crippen molar-refractivity contribution in [3.05, 3.63) is 0 Å². The number of hydrogen-bond donors (Lipinski definition) is 4. The predicted molar refractivity (Wildman–Crippen MR) is 100.0 cm³/mol. The Morgan fingerprint density at radius 2 is 1.26 bits per heavy atom. The van der Waals surface area contributed by atoms with Gasteiger partial charge in [0.25, 0.3) is 0 Å². The molecule has 1 heterocycles. The van der Waals surface area contributed by atoms with Gasteiger partial charge in [0.1, 0.15) is 0 Å². The van der Waals surface area contributed by atoms with E-state index >= 15 is 0 Å². The SMILES string of the molecule is CC1CCCC(C)N1CC(=O)NCCC(=O)NCCC(=O)NCCC(=O)O. The summed E-state index contributed by atoms with van der Waals surface area (Å²) < 4.78 is 0. The van der Waals surface area contributed by atoms with Crippen LogP contribution >= 0.6 is 0 Å². The Morgan fingerprint density at radius 3 is 1.74 bits per heavy atom. The van der Waals surface area contributed by atoms with Crippen LogP contribution in [-0.4, -0.2) is 72.0 Å². The van der Waals surface area contributed by atoms with Gasteiger partial charge in [-0.15, -0.1) is 0 Å². The Morgan fingerprint density at radius 1 is 0.815 bits per heavy atom. The molecule has 3 amide bonds. The first-order valence-corrected chi connectivity index (χ1v) is 9.57. The van der Waals surface area contributed by atoms with E-state index in [1.54, 1.807) is 0 Å². The van der Waals surface area contributed by atoms with Gasteiger partial charge in [0.2, 0.25) is 17.7 Å². The summed E-state index contributed by atoms with van der Waals surface area (Å²) in [7, 11) is 0. The summed E-state index contributed by atoms with van der Waals surface area (Å²) in [5, 5.41) is 16.3. The monoisotopic (exact) mass is 384 g/mol. The maximum absolute atomic E-state index is 12.1. The van der Waals surface area contributed by atoms with Crippen molar-refractivity contribution in [1.29, 1.82) is 0 Å². The first-order valence-electron chi connectivity index (χ1n) is 9.57. The van der Waals surface area contributed by atoms with Crippen LogP contribution in [-0.2, 0) is 19.2 Å². The van der Waals surface area contributed by atoms with Gasteiger partial charge in [0.15, 0.2) is 0 Å². The molecule has 27 heavy (non-hydrogen) atoms. The van der Waals surface area contributed by atoms with Gasteiger partial charge in [-0.2, -0.15) is 0 Å². The number of carbonyl (C=O) groups excluding carboxylic acids is 3. The zero-order valence-electron chi connectivity index (χ0n) is 16.3. The molecule has 0 aliphatic carbocycles. The van der Waals surface area contributed by atoms with Crippen LogP contribution in [0.1, 0.15) is 52.4 Å². The van der Waals surface area contributed by atoms with Crippen LogP contribution in [0.2, 0.25) is 0 Å². The Labute approximate surface area is 160 Å². The summed E-state index contributed by atoms with van der Waals surface area (Å²) in [6, 6.07) is 0.786. The van der Waals surface area contributed by atoms with Gasteiger partial charge in [-0.3, -0.25) is 24.1 Å². The first-order chi connectivity index (χ1) is 12.8. The average molecular weight is 384 g/mol. The topological polar surface area (TPSA) is 128 Å². The van der Waals surface area contributed by atoms with Crippen LogP contribution in [0.25, 0.3) is 0 Å². The second kappa shape index (κ2) is 12.3. The van der Waals surface area contributed by atoms with Crippen molar-refractivity contribution in [2.75, 3.05) is 26.2 Å². The van der Waals surface area contributed by atoms with E-state index in [9.17, 15) is 19.2 Å². The Kier molecular flexibility index (Phi) is 10.4. The van der Waals surface area contributed by atoms with Crippen molar-refractivity contribution in [2.45, 2.75) is 64.5 Å². The summed E-state index contributed by atoms with van der Waals surface area (Å²) in [6.45, 7) is 5.12. The zero-order valence-corrected chi connectivity index (χ0v) is 16.3. The molecule has 0 spiro atoms. The molecule has 1 aliphatic heterocycles. The summed E-state index contributed by atoms with van der Waals surface area (Å²) in [5.74, 6) is -1.61. The first kappa shape index (κ1) is 22.9. The molecule has 4 N–H and O–H groups in total. The second-order valence-electron chi connectivity index (χ2n) is 6.99. The van der Waals surface area contributed by atoms with Gasteiger partial charge < -0.3 is 21.1 Å². The molecule has 2 atom stereocenters. The summed E-state index contributed by atoms with van der Waals surface area (Å²) in [4.78, 5) is 47.7. The highest BCUT2D eigenvalue weighted by molar-refractivity contribution is 5.81. The van der Waals surface area contributed by atoms with E-state index in [4.69, 9.17) is 5.11 Å². The van der Waals surface area contributed by atoms with Crippen LogP contribution in [0.5, 0.6) is 0 Å². The fourth-order valence-corrected chi connectivity index (χ4v) is 3.12. The van der Waals surface area contributed by atoms with Gasteiger partial charge in [0.05, 0.1) is 13.0 Å². The quantitative estimate of drug-likeness (QED) is 0.392. The third kappa shape index (κ3) is 9.93. The minimum absolute atomic E-state index is 0.0718. The highest BCUT2D eigenvalue weighted by atomic mass is 16.4. The molecule has 0 aromatic rings. The van der Waals surface area contributed by atoms with E-state index in [0.29, 0.717) is 18.6 Å². The number of piperidine rings is 1. The summed E-state index contributed by atoms with van der Waals surface area (Å²) in [5.41, 5.74) is 0. The fraction of sp³-hybridized carbons (Fsp3) is 0.778. The van der Waals surface area contributed by atoms with E-state index < -0.39 is 5.97 Å². The maximum Gasteiger partial charge on any atom is 0.305 e. The third-order valence-electron chi connectivity index (χ3n) is 4.71. The maximum atomic E-state index is 12.1. The molecule has 9 heteroatoms. The number of aliphatic carboxylic acids is 1. The molecule has 0 aromatic carbocycles. The highest BCUT2D eigenvalue weighted by Gasteiger charge is 2.26. The summed E-state index contributed by atoms with van der Waals surface area (Å²) >= 11 is 0. The molecular formula is C18H32N4O5. The summed E-state index contributed by atoms with van der Waals surface area (Å²) in [6.07, 6.45) is 3.50. The molecule has 1 fully saturated rings. The molecule has 154 valence electrons. The molecule has 1 saturated heterocycles. The number of carboxylic acids is 1. The van der Waals surface area contributed by atoms with Crippen LogP contribution < -0.4 is 16.0 Å². The van der Waals surface area contributed by atoms with Crippen LogP contribution in [0.15, 0.2) is 0 Å². The Balaban J connectivity index is 2.10. The van der Waals surface area contributed by atoms with Gasteiger partial charge in [-0.25, -0.2) is 0 Å². The normalized spacial score (nSPS) is 19.9. The van der Waals surface area contributed by atoms with Gasteiger partial charge in [-0.05, 0) is 26.7 Å². The van der Waals surface area contributed by atoms with Crippen LogP contribution in [0, 0.1) is 0 Å². The number of rotatable bonds is 11. The second-order valence-corrected chi connectivity index (χ2v) is 6.99. The van der Waals surface area contributed by atoms with Crippen LogP contribution in [0.3, 0.4) is 0 Å². The van der Waals surface area contributed by atoms with Gasteiger partial charge in [0, 0.05) is 44.6 Å². The van der Waals surface area contributed by atoms with E-state index in [0.717, 1.165) is 12.8 Å². The number of nitrogens with one attached hydrogen (secondary N) is 3. The van der Waals surface area contributed by atoms with E-state index in [2.05, 4.69) is 34.7 Å². The molecule has 1 aliphatic rings. The minimum Gasteiger partial charge on any atom is -0.481 e.